The van der Waals surface area contributed by atoms with E-state index in [1.165, 1.54) is 21.4 Å². The van der Waals surface area contributed by atoms with Gasteiger partial charge >= 0.3 is 0 Å². The molecule has 1 N–H and O–H groups in total. The molecule has 0 fully saturated rings. The van der Waals surface area contributed by atoms with Crippen molar-refractivity contribution in [1.29, 1.82) is 0 Å². The van der Waals surface area contributed by atoms with Gasteiger partial charge in [-0.3, -0.25) is 4.79 Å². The Bertz CT molecular complexity index is 1160. The van der Waals surface area contributed by atoms with Gasteiger partial charge in [0.2, 0.25) is 10.1 Å². The van der Waals surface area contributed by atoms with E-state index >= 15 is 0 Å². The molecule has 0 aliphatic rings. The molecule has 0 amide bonds. The second kappa shape index (κ2) is 7.93. The third kappa shape index (κ3) is 3.96. The van der Waals surface area contributed by atoms with Crippen LogP contribution in [-0.4, -0.2) is 24.1 Å². The molecule has 0 saturated carbocycles. The predicted octanol–water partition coefficient (Wildman–Crippen LogP) is 3.27. The Morgan fingerprint density at radius 3 is 2.86 bits per heavy atom. The first kappa shape index (κ1) is 18.4. The first-order chi connectivity index (χ1) is 13.6. The number of aryl methyl sites for hydroxylation is 2. The first-order valence-corrected chi connectivity index (χ1v) is 10.1. The topological polar surface area (TPSA) is 77.1 Å². The van der Waals surface area contributed by atoms with Gasteiger partial charge in [-0.25, -0.2) is 9.97 Å². The van der Waals surface area contributed by atoms with E-state index in [-0.39, 0.29) is 5.56 Å². The summed E-state index contributed by atoms with van der Waals surface area (Å²) in [5, 5.41) is 8.36. The molecule has 0 atom stereocenters. The second-order valence-electron chi connectivity index (χ2n) is 6.71. The fourth-order valence-corrected chi connectivity index (χ4v) is 3.91. The van der Waals surface area contributed by atoms with E-state index in [9.17, 15) is 4.79 Å². The summed E-state index contributed by atoms with van der Waals surface area (Å²) in [5.41, 5.74) is 3.06. The summed E-state index contributed by atoms with van der Waals surface area (Å²) in [5.74, 6) is 0.999. The fraction of sp³-hybridized carbons (Fsp3) is 0.300. The molecule has 0 spiro atoms. The van der Waals surface area contributed by atoms with Crippen molar-refractivity contribution in [3.63, 3.8) is 0 Å². The average Bonchev–Trinajstić information content (AvgIpc) is 3.27. The number of hydrogen-bond donors (Lipinski definition) is 1. The summed E-state index contributed by atoms with van der Waals surface area (Å²) in [7, 11) is 0. The molecule has 0 aliphatic carbocycles. The predicted molar refractivity (Wildman–Crippen MR) is 111 cm³/mol. The lowest BCUT2D eigenvalue weighted by Gasteiger charge is -2.08. The zero-order valence-corrected chi connectivity index (χ0v) is 16.7. The van der Waals surface area contributed by atoms with Crippen LogP contribution in [0, 0.1) is 6.92 Å². The maximum atomic E-state index is 12.2. The van der Waals surface area contributed by atoms with Crippen molar-refractivity contribution in [3.05, 3.63) is 75.7 Å². The van der Waals surface area contributed by atoms with Crippen LogP contribution in [0.3, 0.4) is 0 Å². The molecule has 8 heteroatoms. The number of imidazole rings is 1. The summed E-state index contributed by atoms with van der Waals surface area (Å²) in [6, 6.07) is 9.98. The number of fused-ring (bicyclic) bond motifs is 1. The Hall–Kier alpha value is -3.00. The van der Waals surface area contributed by atoms with Crippen LogP contribution in [0.4, 0.5) is 5.13 Å². The van der Waals surface area contributed by atoms with E-state index < -0.39 is 0 Å². The van der Waals surface area contributed by atoms with Crippen molar-refractivity contribution < 1.29 is 0 Å². The van der Waals surface area contributed by atoms with Gasteiger partial charge in [0.25, 0.3) is 5.56 Å². The molecule has 4 rings (SSSR count). The molecule has 0 saturated heterocycles. The summed E-state index contributed by atoms with van der Waals surface area (Å²) >= 11 is 1.40. The summed E-state index contributed by atoms with van der Waals surface area (Å²) in [6.07, 6.45) is 5.56. The number of nitrogens with one attached hydrogen (secondary N) is 1. The number of hydrogen-bond acceptors (Lipinski definition) is 6. The van der Waals surface area contributed by atoms with Crippen LogP contribution >= 0.6 is 11.3 Å². The van der Waals surface area contributed by atoms with Gasteiger partial charge in [-0.15, -0.1) is 5.10 Å². The standard InChI is InChI=1S/C20H22N6OS/c1-3-5-17-11-18(27)26-20(23-17)28-19(24-26)22-12-15-6-4-7-16(10-15)13-25-9-8-21-14(25)2/h4,6-11H,3,5,12-13H2,1-2H3,(H,22,24). The highest BCUT2D eigenvalue weighted by atomic mass is 32.1. The van der Waals surface area contributed by atoms with Gasteiger partial charge < -0.3 is 9.88 Å². The molecular weight excluding hydrogens is 372 g/mol. The number of aromatic nitrogens is 5. The molecule has 7 nitrogen and oxygen atoms in total. The van der Waals surface area contributed by atoms with Crippen LogP contribution in [0.25, 0.3) is 4.96 Å². The minimum absolute atomic E-state index is 0.129. The highest BCUT2D eigenvalue weighted by molar-refractivity contribution is 7.20. The van der Waals surface area contributed by atoms with Crippen LogP contribution in [0.2, 0.25) is 0 Å². The molecule has 4 aromatic rings. The monoisotopic (exact) mass is 394 g/mol. The molecule has 0 bridgehead atoms. The average molecular weight is 395 g/mol. The molecule has 1 aromatic carbocycles. The van der Waals surface area contributed by atoms with Gasteiger partial charge in [-0.2, -0.15) is 4.52 Å². The second-order valence-corrected chi connectivity index (χ2v) is 7.67. The molecule has 0 radical (unpaired) electrons. The smallest absolute Gasteiger partial charge is 0.275 e. The number of anilines is 1. The van der Waals surface area contributed by atoms with Gasteiger partial charge in [-0.05, 0) is 24.5 Å². The van der Waals surface area contributed by atoms with E-state index in [1.54, 1.807) is 6.07 Å². The van der Waals surface area contributed by atoms with Crippen LogP contribution in [0.15, 0.2) is 47.5 Å². The lowest BCUT2D eigenvalue weighted by atomic mass is 10.1. The molecule has 3 aromatic heterocycles. The van der Waals surface area contributed by atoms with E-state index in [4.69, 9.17) is 0 Å². The van der Waals surface area contributed by atoms with Crippen molar-refractivity contribution in [1.82, 2.24) is 24.1 Å². The molecule has 0 aliphatic heterocycles. The zero-order valence-electron chi connectivity index (χ0n) is 15.9. The third-order valence-electron chi connectivity index (χ3n) is 4.52. The zero-order chi connectivity index (χ0) is 19.5. The van der Waals surface area contributed by atoms with Crippen molar-refractivity contribution in [2.75, 3.05) is 5.32 Å². The minimum atomic E-state index is -0.129. The quantitative estimate of drug-likeness (QED) is 0.521. The Morgan fingerprint density at radius 2 is 2.07 bits per heavy atom. The minimum Gasteiger partial charge on any atom is -0.356 e. The Kier molecular flexibility index (Phi) is 5.21. The molecule has 0 unspecified atom stereocenters. The van der Waals surface area contributed by atoms with E-state index in [0.717, 1.165) is 36.5 Å². The highest BCUT2D eigenvalue weighted by Crippen LogP contribution is 2.18. The summed E-state index contributed by atoms with van der Waals surface area (Å²) in [6.45, 7) is 5.50. The SMILES string of the molecule is CCCc1cc(=O)n2nc(NCc3cccc(Cn4ccnc4C)c3)sc2n1. The third-order valence-corrected chi connectivity index (χ3v) is 5.38. The number of rotatable bonds is 7. The van der Waals surface area contributed by atoms with Crippen LogP contribution in [-0.2, 0) is 19.5 Å². The summed E-state index contributed by atoms with van der Waals surface area (Å²) < 4.78 is 3.48. The van der Waals surface area contributed by atoms with Crippen molar-refractivity contribution >= 4 is 21.4 Å². The van der Waals surface area contributed by atoms with Gasteiger partial charge in [0.1, 0.15) is 5.82 Å². The molecule has 3 heterocycles. The fourth-order valence-electron chi connectivity index (χ4n) is 3.10. The van der Waals surface area contributed by atoms with Gasteiger partial charge in [0, 0.05) is 37.2 Å². The Morgan fingerprint density at radius 1 is 1.21 bits per heavy atom. The summed E-state index contributed by atoms with van der Waals surface area (Å²) in [4.78, 5) is 21.6. The Balaban J connectivity index is 1.48. The molecular formula is C20H22N6OS. The first-order valence-electron chi connectivity index (χ1n) is 9.31. The van der Waals surface area contributed by atoms with E-state index in [1.807, 2.05) is 19.3 Å². The molecule has 144 valence electrons. The normalized spacial score (nSPS) is 11.2. The lowest BCUT2D eigenvalue weighted by molar-refractivity contribution is 0.760. The van der Waals surface area contributed by atoms with Crippen LogP contribution < -0.4 is 10.9 Å². The maximum Gasteiger partial charge on any atom is 0.275 e. The van der Waals surface area contributed by atoms with E-state index in [2.05, 4.69) is 56.1 Å². The van der Waals surface area contributed by atoms with E-state index in [0.29, 0.717) is 16.6 Å². The number of benzene rings is 1. The van der Waals surface area contributed by atoms with Gasteiger partial charge in [0.15, 0.2) is 0 Å². The van der Waals surface area contributed by atoms with Crippen molar-refractivity contribution in [2.45, 2.75) is 39.8 Å². The van der Waals surface area contributed by atoms with Crippen molar-refractivity contribution in [2.24, 2.45) is 0 Å². The van der Waals surface area contributed by atoms with Crippen LogP contribution in [0.5, 0.6) is 0 Å². The van der Waals surface area contributed by atoms with Gasteiger partial charge in [0.05, 0.1) is 0 Å². The Labute approximate surface area is 166 Å². The lowest BCUT2D eigenvalue weighted by Crippen LogP contribution is -2.15. The van der Waals surface area contributed by atoms with Crippen molar-refractivity contribution in [3.8, 4) is 0 Å². The molecule has 28 heavy (non-hydrogen) atoms. The van der Waals surface area contributed by atoms with Crippen LogP contribution in [0.1, 0.15) is 36.0 Å². The number of nitrogens with zero attached hydrogens (tertiary/aromatic N) is 5. The maximum absolute atomic E-state index is 12.2. The van der Waals surface area contributed by atoms with Gasteiger partial charge in [-0.1, -0.05) is 48.9 Å². The highest BCUT2D eigenvalue weighted by Gasteiger charge is 2.09. The largest absolute Gasteiger partial charge is 0.356 e.